The zero-order chi connectivity index (χ0) is 16.8. The molecule has 1 saturated heterocycles. The van der Waals surface area contributed by atoms with Gasteiger partial charge in [-0.1, -0.05) is 6.07 Å². The number of furan rings is 1. The summed E-state index contributed by atoms with van der Waals surface area (Å²) in [6.45, 7) is 4.47. The highest BCUT2D eigenvalue weighted by molar-refractivity contribution is 7.09. The van der Waals surface area contributed by atoms with Crippen molar-refractivity contribution in [2.75, 3.05) is 26.7 Å². The highest BCUT2D eigenvalue weighted by Gasteiger charge is 2.21. The smallest absolute Gasteiger partial charge is 0.317 e. The Hall–Kier alpha value is -1.79. The second-order valence-corrected chi connectivity index (χ2v) is 7.48. The van der Waals surface area contributed by atoms with E-state index in [9.17, 15) is 4.79 Å². The van der Waals surface area contributed by atoms with Gasteiger partial charge in [0, 0.05) is 31.6 Å². The molecule has 2 amide bonds. The van der Waals surface area contributed by atoms with E-state index >= 15 is 0 Å². The minimum absolute atomic E-state index is 0.0400. The lowest BCUT2D eigenvalue weighted by molar-refractivity contribution is 0.161. The van der Waals surface area contributed by atoms with Gasteiger partial charge in [-0.25, -0.2) is 4.79 Å². The van der Waals surface area contributed by atoms with Crippen molar-refractivity contribution in [3.63, 3.8) is 0 Å². The first-order chi connectivity index (χ1) is 11.7. The predicted octanol–water partition coefficient (Wildman–Crippen LogP) is 3.39. The maximum absolute atomic E-state index is 12.2. The molecule has 2 aromatic rings. The lowest BCUT2D eigenvalue weighted by Crippen LogP contribution is -2.43. The monoisotopic (exact) mass is 347 g/mol. The maximum Gasteiger partial charge on any atom is 0.317 e. The van der Waals surface area contributed by atoms with Crippen LogP contribution in [0, 0.1) is 5.92 Å². The van der Waals surface area contributed by atoms with Gasteiger partial charge in [-0.2, -0.15) is 0 Å². The summed E-state index contributed by atoms with van der Waals surface area (Å²) in [7, 11) is 1.79. The minimum atomic E-state index is -0.0400. The van der Waals surface area contributed by atoms with Crippen molar-refractivity contribution < 1.29 is 9.21 Å². The molecule has 1 unspecified atom stereocenters. The molecule has 1 aliphatic heterocycles. The Morgan fingerprint density at radius 2 is 2.38 bits per heavy atom. The van der Waals surface area contributed by atoms with E-state index in [-0.39, 0.29) is 6.03 Å². The highest BCUT2D eigenvalue weighted by atomic mass is 32.1. The first kappa shape index (κ1) is 17.0. The number of rotatable bonds is 6. The maximum atomic E-state index is 12.2. The van der Waals surface area contributed by atoms with Gasteiger partial charge in [-0.05, 0) is 48.9 Å². The fraction of sp³-hybridized carbons (Fsp3) is 0.500. The zero-order valence-corrected chi connectivity index (χ0v) is 14.9. The van der Waals surface area contributed by atoms with Crippen molar-refractivity contribution in [1.29, 1.82) is 0 Å². The summed E-state index contributed by atoms with van der Waals surface area (Å²) in [5, 5.41) is 5.20. The van der Waals surface area contributed by atoms with E-state index in [1.165, 1.54) is 17.7 Å². The Morgan fingerprint density at radius 3 is 3.12 bits per heavy atom. The van der Waals surface area contributed by atoms with Crippen molar-refractivity contribution in [3.05, 3.63) is 46.5 Å². The normalized spacial score (nSPS) is 18.5. The Labute approximate surface area is 147 Å². The summed E-state index contributed by atoms with van der Waals surface area (Å²) in [5.41, 5.74) is 0. The van der Waals surface area contributed by atoms with Gasteiger partial charge in [0.05, 0.1) is 12.8 Å². The van der Waals surface area contributed by atoms with Crippen molar-refractivity contribution in [2.24, 2.45) is 5.92 Å². The van der Waals surface area contributed by atoms with E-state index in [1.807, 2.05) is 23.5 Å². The van der Waals surface area contributed by atoms with E-state index in [0.717, 1.165) is 31.9 Å². The van der Waals surface area contributed by atoms with E-state index in [4.69, 9.17) is 4.42 Å². The Morgan fingerprint density at radius 1 is 1.46 bits per heavy atom. The van der Waals surface area contributed by atoms with Crippen LogP contribution in [0.5, 0.6) is 0 Å². The van der Waals surface area contributed by atoms with Crippen LogP contribution in [0.4, 0.5) is 4.79 Å². The Bertz CT molecular complexity index is 612. The number of carbonyl (C=O) groups is 1. The van der Waals surface area contributed by atoms with Gasteiger partial charge in [0.1, 0.15) is 5.76 Å². The number of hydrogen-bond donors (Lipinski definition) is 1. The molecule has 0 radical (unpaired) electrons. The Kier molecular flexibility index (Phi) is 5.93. The summed E-state index contributed by atoms with van der Waals surface area (Å²) in [5.74, 6) is 1.33. The van der Waals surface area contributed by atoms with Crippen LogP contribution in [-0.2, 0) is 13.1 Å². The molecular weight excluding hydrogens is 322 g/mol. The SMILES string of the molecule is CN(Cc1ccco1)C(=O)NCC1CCCN(Cc2cccs2)C1. The molecule has 2 aromatic heterocycles. The van der Waals surface area contributed by atoms with Crippen molar-refractivity contribution in [1.82, 2.24) is 15.1 Å². The second kappa shape index (κ2) is 8.35. The third kappa shape index (κ3) is 4.85. The third-order valence-electron chi connectivity index (χ3n) is 4.42. The molecule has 130 valence electrons. The average molecular weight is 347 g/mol. The number of piperidine rings is 1. The van der Waals surface area contributed by atoms with Crippen LogP contribution in [0.2, 0.25) is 0 Å². The molecule has 6 heteroatoms. The van der Waals surface area contributed by atoms with Gasteiger partial charge in [0.15, 0.2) is 0 Å². The summed E-state index contributed by atoms with van der Waals surface area (Å²) in [4.78, 5) is 17.8. The van der Waals surface area contributed by atoms with Crippen LogP contribution in [-0.4, -0.2) is 42.5 Å². The van der Waals surface area contributed by atoms with E-state index < -0.39 is 0 Å². The molecule has 0 aromatic carbocycles. The fourth-order valence-electron chi connectivity index (χ4n) is 3.16. The van der Waals surface area contributed by atoms with Crippen LogP contribution in [0.3, 0.4) is 0 Å². The molecule has 24 heavy (non-hydrogen) atoms. The number of likely N-dealkylation sites (tertiary alicyclic amines) is 1. The summed E-state index contributed by atoms with van der Waals surface area (Å²) in [6, 6.07) is 7.98. The van der Waals surface area contributed by atoms with Crippen LogP contribution < -0.4 is 5.32 Å². The number of hydrogen-bond acceptors (Lipinski definition) is 4. The van der Waals surface area contributed by atoms with E-state index in [2.05, 4.69) is 27.7 Å². The molecule has 0 aliphatic carbocycles. The standard InChI is InChI=1S/C18H25N3O2S/c1-20(13-16-6-3-9-23-16)18(22)19-11-15-5-2-8-21(12-15)14-17-7-4-10-24-17/h3-4,6-7,9-10,15H,2,5,8,11-14H2,1H3,(H,19,22). The van der Waals surface area contributed by atoms with Crippen LogP contribution in [0.1, 0.15) is 23.5 Å². The van der Waals surface area contributed by atoms with Gasteiger partial charge in [-0.3, -0.25) is 4.90 Å². The van der Waals surface area contributed by atoms with Crippen LogP contribution >= 0.6 is 11.3 Å². The predicted molar refractivity (Wildman–Crippen MR) is 95.9 cm³/mol. The first-order valence-electron chi connectivity index (χ1n) is 8.47. The Balaban J connectivity index is 1.41. The number of amides is 2. The molecule has 5 nitrogen and oxygen atoms in total. The number of nitrogens with zero attached hydrogens (tertiary/aromatic N) is 2. The second-order valence-electron chi connectivity index (χ2n) is 6.44. The molecular formula is C18H25N3O2S. The van der Waals surface area contributed by atoms with Crippen LogP contribution in [0.15, 0.2) is 40.3 Å². The van der Waals surface area contributed by atoms with Crippen molar-refractivity contribution >= 4 is 17.4 Å². The van der Waals surface area contributed by atoms with Gasteiger partial charge in [-0.15, -0.1) is 11.3 Å². The molecule has 3 rings (SSSR count). The molecule has 1 atom stereocenters. The zero-order valence-electron chi connectivity index (χ0n) is 14.1. The van der Waals surface area contributed by atoms with Gasteiger partial charge in [0.2, 0.25) is 0 Å². The van der Waals surface area contributed by atoms with Crippen LogP contribution in [0.25, 0.3) is 0 Å². The van der Waals surface area contributed by atoms with E-state index in [0.29, 0.717) is 12.5 Å². The molecule has 0 saturated carbocycles. The van der Waals surface area contributed by atoms with Gasteiger partial charge >= 0.3 is 6.03 Å². The molecule has 0 bridgehead atoms. The van der Waals surface area contributed by atoms with Gasteiger partial charge < -0.3 is 14.6 Å². The molecule has 0 spiro atoms. The molecule has 1 fully saturated rings. The lowest BCUT2D eigenvalue weighted by atomic mass is 9.98. The number of urea groups is 1. The molecule has 3 heterocycles. The van der Waals surface area contributed by atoms with Crippen molar-refractivity contribution in [2.45, 2.75) is 25.9 Å². The summed E-state index contributed by atoms with van der Waals surface area (Å²) < 4.78 is 5.29. The van der Waals surface area contributed by atoms with Crippen molar-refractivity contribution in [3.8, 4) is 0 Å². The summed E-state index contributed by atoms with van der Waals surface area (Å²) >= 11 is 1.81. The third-order valence-corrected chi connectivity index (χ3v) is 5.29. The summed E-state index contributed by atoms with van der Waals surface area (Å²) in [6.07, 6.45) is 4.02. The van der Waals surface area contributed by atoms with Gasteiger partial charge in [0.25, 0.3) is 0 Å². The largest absolute Gasteiger partial charge is 0.467 e. The molecule has 1 aliphatic rings. The minimum Gasteiger partial charge on any atom is -0.467 e. The number of nitrogens with one attached hydrogen (secondary N) is 1. The number of thiophene rings is 1. The highest BCUT2D eigenvalue weighted by Crippen LogP contribution is 2.20. The first-order valence-corrected chi connectivity index (χ1v) is 9.35. The average Bonchev–Trinajstić information content (AvgIpc) is 3.27. The quantitative estimate of drug-likeness (QED) is 0.871. The molecule has 1 N–H and O–H groups in total. The number of carbonyl (C=O) groups excluding carboxylic acids is 1. The fourth-order valence-corrected chi connectivity index (χ4v) is 3.91. The topological polar surface area (TPSA) is 48.7 Å². The van der Waals surface area contributed by atoms with E-state index in [1.54, 1.807) is 18.2 Å². The lowest BCUT2D eigenvalue weighted by Gasteiger charge is -2.32.